The van der Waals surface area contributed by atoms with E-state index in [-0.39, 0.29) is 23.6 Å². The van der Waals surface area contributed by atoms with E-state index in [0.717, 1.165) is 24.8 Å². The van der Waals surface area contributed by atoms with Crippen molar-refractivity contribution in [3.05, 3.63) is 70.2 Å². The van der Waals surface area contributed by atoms with Crippen LogP contribution in [-0.4, -0.2) is 54.3 Å². The minimum absolute atomic E-state index is 0.0396. The lowest BCUT2D eigenvalue weighted by Gasteiger charge is -2.27. The summed E-state index contributed by atoms with van der Waals surface area (Å²) in [6.45, 7) is 12.1. The van der Waals surface area contributed by atoms with Crippen LogP contribution in [0.25, 0.3) is 0 Å². The lowest BCUT2D eigenvalue weighted by Crippen LogP contribution is -2.50. The van der Waals surface area contributed by atoms with Crippen LogP contribution in [0, 0.1) is 11.8 Å². The van der Waals surface area contributed by atoms with Crippen molar-refractivity contribution in [3.8, 4) is 0 Å². The Labute approximate surface area is 245 Å². The van der Waals surface area contributed by atoms with Crippen LogP contribution >= 0.6 is 11.6 Å². The van der Waals surface area contributed by atoms with Gasteiger partial charge < -0.3 is 21.3 Å². The average molecular weight is 571 g/mol. The number of benzene rings is 2. The average Bonchev–Trinajstić information content (AvgIpc) is 2.95. The predicted octanol–water partition coefficient (Wildman–Crippen LogP) is 5.46. The highest BCUT2D eigenvalue weighted by atomic mass is 35.5. The highest BCUT2D eigenvalue weighted by Gasteiger charge is 2.26. The van der Waals surface area contributed by atoms with Gasteiger partial charge in [-0.25, -0.2) is 0 Å². The van der Waals surface area contributed by atoms with Gasteiger partial charge in [0.15, 0.2) is 0 Å². The number of nitrogens with one attached hydrogen (secondary N) is 2. The summed E-state index contributed by atoms with van der Waals surface area (Å²) in [6.07, 6.45) is 3.61. The number of halogens is 1. The molecule has 0 saturated carbocycles. The molecule has 0 unspecified atom stereocenters. The summed E-state index contributed by atoms with van der Waals surface area (Å²) in [5, 5.41) is 6.73. The molecule has 220 valence electrons. The molecule has 0 aliphatic rings. The Morgan fingerprint density at radius 2 is 1.57 bits per heavy atom. The van der Waals surface area contributed by atoms with Gasteiger partial charge in [0.1, 0.15) is 0 Å². The van der Waals surface area contributed by atoms with Crippen LogP contribution in [0.15, 0.2) is 48.5 Å². The summed E-state index contributed by atoms with van der Waals surface area (Å²) >= 11 is 6.07. The van der Waals surface area contributed by atoms with E-state index in [9.17, 15) is 14.4 Å². The predicted molar refractivity (Wildman–Crippen MR) is 164 cm³/mol. The van der Waals surface area contributed by atoms with Gasteiger partial charge >= 0.3 is 0 Å². The Bertz CT molecular complexity index is 1090. The van der Waals surface area contributed by atoms with Crippen LogP contribution in [0.1, 0.15) is 86.6 Å². The molecule has 0 fully saturated rings. The number of carbonyl (C=O) groups is 3. The van der Waals surface area contributed by atoms with Crippen molar-refractivity contribution in [3.63, 3.8) is 0 Å². The van der Waals surface area contributed by atoms with E-state index in [4.69, 9.17) is 17.3 Å². The van der Waals surface area contributed by atoms with Crippen molar-refractivity contribution in [1.29, 1.82) is 0 Å². The van der Waals surface area contributed by atoms with Gasteiger partial charge in [0.25, 0.3) is 11.8 Å². The Hall–Kier alpha value is -2.90. The minimum atomic E-state index is -0.474. The van der Waals surface area contributed by atoms with E-state index in [1.54, 1.807) is 36.4 Å². The maximum atomic E-state index is 13.4. The molecule has 0 aromatic heterocycles. The fourth-order valence-electron chi connectivity index (χ4n) is 4.54. The van der Waals surface area contributed by atoms with E-state index in [0.29, 0.717) is 54.5 Å². The van der Waals surface area contributed by atoms with Crippen molar-refractivity contribution in [2.75, 3.05) is 19.6 Å². The Morgan fingerprint density at radius 1 is 0.950 bits per heavy atom. The molecule has 0 spiro atoms. The van der Waals surface area contributed by atoms with Crippen LogP contribution in [0.4, 0.5) is 0 Å². The molecule has 0 heterocycles. The first-order valence-corrected chi connectivity index (χ1v) is 14.9. The molecule has 0 aliphatic heterocycles. The third-order valence-corrected chi connectivity index (χ3v) is 7.50. The van der Waals surface area contributed by atoms with Gasteiger partial charge in [-0.15, -0.1) is 0 Å². The molecule has 4 N–H and O–H groups in total. The monoisotopic (exact) mass is 570 g/mol. The van der Waals surface area contributed by atoms with Crippen LogP contribution in [-0.2, 0) is 11.2 Å². The Balaban J connectivity index is 2.21. The summed E-state index contributed by atoms with van der Waals surface area (Å²) in [6, 6.07) is 13.3. The number of nitrogens with two attached hydrogens (primary N) is 1. The molecular weight excluding hydrogens is 524 g/mol. The second kappa shape index (κ2) is 17.0. The summed E-state index contributed by atoms with van der Waals surface area (Å²) < 4.78 is 0. The van der Waals surface area contributed by atoms with E-state index >= 15 is 0 Å². The number of rotatable bonds is 16. The van der Waals surface area contributed by atoms with E-state index in [1.807, 2.05) is 37.8 Å². The first-order valence-electron chi connectivity index (χ1n) is 14.6. The van der Waals surface area contributed by atoms with E-state index in [1.165, 1.54) is 0 Å². The maximum absolute atomic E-state index is 13.4. The van der Waals surface area contributed by atoms with Crippen molar-refractivity contribution >= 4 is 29.3 Å². The SMILES string of the molecule is CCCN(CCC)C(=O)c1cccc(C(=O)N[C@@H](Cc2ccc(Cl)cc2)[C@@H](N)C[C@@H](C)C(=O)NC[C@@H](C)CC)c1. The van der Waals surface area contributed by atoms with Gasteiger partial charge in [0.2, 0.25) is 5.91 Å². The van der Waals surface area contributed by atoms with Gasteiger partial charge in [0.05, 0.1) is 0 Å². The van der Waals surface area contributed by atoms with Crippen molar-refractivity contribution in [1.82, 2.24) is 15.5 Å². The van der Waals surface area contributed by atoms with Crippen LogP contribution in [0.3, 0.4) is 0 Å². The molecule has 4 atom stereocenters. The normalized spacial score (nSPS) is 14.1. The zero-order valence-corrected chi connectivity index (χ0v) is 25.5. The summed E-state index contributed by atoms with van der Waals surface area (Å²) in [5.41, 5.74) is 8.50. The summed E-state index contributed by atoms with van der Waals surface area (Å²) in [7, 11) is 0. The van der Waals surface area contributed by atoms with Gasteiger partial charge in [-0.05, 0) is 67.5 Å². The molecule has 0 bridgehead atoms. The van der Waals surface area contributed by atoms with Crippen LogP contribution in [0.5, 0.6) is 0 Å². The van der Waals surface area contributed by atoms with Crippen molar-refractivity contribution in [2.24, 2.45) is 17.6 Å². The largest absolute Gasteiger partial charge is 0.356 e. The van der Waals surface area contributed by atoms with Gasteiger partial charge in [-0.3, -0.25) is 14.4 Å². The number of nitrogens with zero attached hydrogens (tertiary/aromatic N) is 1. The van der Waals surface area contributed by atoms with Gasteiger partial charge in [0, 0.05) is 53.8 Å². The van der Waals surface area contributed by atoms with Crippen molar-refractivity contribution < 1.29 is 14.4 Å². The quantitative estimate of drug-likeness (QED) is 0.249. The highest BCUT2D eigenvalue weighted by Crippen LogP contribution is 2.17. The molecule has 3 amide bonds. The molecule has 0 saturated heterocycles. The van der Waals surface area contributed by atoms with E-state index < -0.39 is 12.1 Å². The maximum Gasteiger partial charge on any atom is 0.253 e. The van der Waals surface area contributed by atoms with Crippen LogP contribution in [0.2, 0.25) is 5.02 Å². The molecule has 2 aromatic rings. The second-order valence-electron chi connectivity index (χ2n) is 10.8. The minimum Gasteiger partial charge on any atom is -0.356 e. The molecular formula is C32H47ClN4O3. The number of hydrogen-bond donors (Lipinski definition) is 3. The zero-order valence-electron chi connectivity index (χ0n) is 24.7. The van der Waals surface area contributed by atoms with E-state index in [2.05, 4.69) is 24.5 Å². The Morgan fingerprint density at radius 3 is 2.17 bits per heavy atom. The summed E-state index contributed by atoms with van der Waals surface area (Å²) in [5.74, 6) is -0.337. The molecule has 2 aromatic carbocycles. The molecule has 0 aliphatic carbocycles. The molecule has 40 heavy (non-hydrogen) atoms. The fraction of sp³-hybridized carbons (Fsp3) is 0.531. The highest BCUT2D eigenvalue weighted by molar-refractivity contribution is 6.30. The standard InChI is InChI=1S/C32H47ClN4O3/c1-6-16-37(17-7-2)32(40)26-11-9-10-25(20-26)31(39)36-29(19-24-12-14-27(33)15-13-24)28(34)18-23(5)30(38)35-21-22(4)8-3/h9-15,20,22-23,28-29H,6-8,16-19,21,34H2,1-5H3,(H,35,38)(H,36,39)/t22-,23+,28-,29-/m0/s1. The third-order valence-electron chi connectivity index (χ3n) is 7.24. The topological polar surface area (TPSA) is 105 Å². The molecule has 2 rings (SSSR count). The smallest absolute Gasteiger partial charge is 0.253 e. The number of carbonyl (C=O) groups excluding carboxylic acids is 3. The first-order chi connectivity index (χ1) is 19.1. The lowest BCUT2D eigenvalue weighted by atomic mass is 9.91. The second-order valence-corrected chi connectivity index (χ2v) is 11.3. The third kappa shape index (κ3) is 10.6. The summed E-state index contributed by atoms with van der Waals surface area (Å²) in [4.78, 5) is 41.1. The fourth-order valence-corrected chi connectivity index (χ4v) is 4.67. The number of hydrogen-bond acceptors (Lipinski definition) is 4. The van der Waals surface area contributed by atoms with Crippen molar-refractivity contribution in [2.45, 2.75) is 78.8 Å². The lowest BCUT2D eigenvalue weighted by molar-refractivity contribution is -0.125. The molecule has 8 heteroatoms. The van der Waals surface area contributed by atoms with Crippen LogP contribution < -0.4 is 16.4 Å². The molecule has 7 nitrogen and oxygen atoms in total. The number of amides is 3. The first kappa shape index (κ1) is 33.3. The molecule has 0 radical (unpaired) electrons. The van der Waals surface area contributed by atoms with Gasteiger partial charge in [-0.1, -0.05) is 70.8 Å². The van der Waals surface area contributed by atoms with Gasteiger partial charge in [-0.2, -0.15) is 0 Å². The Kier molecular flexibility index (Phi) is 14.2. The zero-order chi connectivity index (χ0) is 29.7.